The highest BCUT2D eigenvalue weighted by Crippen LogP contribution is 2.36. The van der Waals surface area contributed by atoms with Crippen molar-refractivity contribution in [2.24, 2.45) is 0 Å². The van der Waals surface area contributed by atoms with Gasteiger partial charge in [0.25, 0.3) is 0 Å². The van der Waals surface area contributed by atoms with Crippen molar-refractivity contribution in [3.63, 3.8) is 0 Å². The van der Waals surface area contributed by atoms with Gasteiger partial charge in [0.2, 0.25) is 0 Å². The Hall–Kier alpha value is -0.550. The number of rotatable bonds is 6. The molecule has 1 heterocycles. The first-order valence-corrected chi connectivity index (χ1v) is 6.54. The van der Waals surface area contributed by atoms with Crippen molar-refractivity contribution in [1.29, 1.82) is 0 Å². The van der Waals surface area contributed by atoms with Gasteiger partial charge in [0.15, 0.2) is 0 Å². The van der Waals surface area contributed by atoms with Crippen molar-refractivity contribution >= 4 is 40.5 Å². The summed E-state index contributed by atoms with van der Waals surface area (Å²) >= 11 is 13.2. The second kappa shape index (κ2) is 6.40. The highest BCUT2D eigenvalue weighted by molar-refractivity contribution is 7.20. The quantitative estimate of drug-likeness (QED) is 0.813. The molecule has 1 atom stereocenters. The van der Waals surface area contributed by atoms with Gasteiger partial charge in [-0.1, -0.05) is 29.3 Å². The van der Waals surface area contributed by atoms with Crippen molar-refractivity contribution in [1.82, 2.24) is 4.90 Å². The molecule has 0 aromatic carbocycles. The van der Waals surface area contributed by atoms with Crippen LogP contribution in [0.5, 0.6) is 0 Å². The molecule has 0 radical (unpaired) electrons. The molecule has 6 heteroatoms. The van der Waals surface area contributed by atoms with E-state index >= 15 is 0 Å². The van der Waals surface area contributed by atoms with E-state index in [-0.39, 0.29) is 12.6 Å². The van der Waals surface area contributed by atoms with E-state index in [0.29, 0.717) is 15.2 Å². The topological polar surface area (TPSA) is 40.5 Å². The second-order valence-corrected chi connectivity index (χ2v) is 5.85. The Morgan fingerprint density at radius 1 is 1.71 bits per heavy atom. The first-order valence-electron chi connectivity index (χ1n) is 4.97. The van der Waals surface area contributed by atoms with E-state index in [1.54, 1.807) is 17.0 Å². The van der Waals surface area contributed by atoms with Gasteiger partial charge in [-0.05, 0) is 13.0 Å². The molecule has 0 fully saturated rings. The second-order valence-electron chi connectivity index (χ2n) is 3.57. The van der Waals surface area contributed by atoms with Crippen molar-refractivity contribution in [3.05, 3.63) is 33.0 Å². The first kappa shape index (κ1) is 14.5. The number of thiophene rings is 1. The highest BCUT2D eigenvalue weighted by atomic mass is 35.5. The molecule has 1 aromatic heterocycles. The minimum atomic E-state index is -0.879. The minimum Gasteiger partial charge on any atom is -0.480 e. The van der Waals surface area contributed by atoms with Crippen LogP contribution in [-0.2, 0) is 4.79 Å². The summed E-state index contributed by atoms with van der Waals surface area (Å²) in [5.41, 5.74) is 0.852. The van der Waals surface area contributed by atoms with E-state index in [1.165, 1.54) is 11.3 Å². The molecule has 1 aromatic rings. The van der Waals surface area contributed by atoms with Gasteiger partial charge in [-0.25, -0.2) is 0 Å². The predicted molar refractivity (Wildman–Crippen MR) is 72.2 cm³/mol. The normalized spacial score (nSPS) is 12.7. The monoisotopic (exact) mass is 293 g/mol. The molecule has 0 saturated heterocycles. The SMILES string of the molecule is C=CCN(CC(=O)O)C(C)c1cc(Cl)sc1Cl. The van der Waals surface area contributed by atoms with Crippen LogP contribution < -0.4 is 0 Å². The van der Waals surface area contributed by atoms with Crippen molar-refractivity contribution in [2.75, 3.05) is 13.1 Å². The fourth-order valence-corrected chi connectivity index (χ4v) is 3.17. The number of carboxylic acids is 1. The Bertz CT molecular complexity index is 420. The standard InChI is InChI=1S/C11H13Cl2NO2S/c1-3-4-14(6-10(15)16)7(2)8-5-9(12)17-11(8)13/h3,5,7H,1,4,6H2,2H3,(H,15,16). The number of carbonyl (C=O) groups is 1. The van der Waals surface area contributed by atoms with Crippen LogP contribution in [0.15, 0.2) is 18.7 Å². The first-order chi connectivity index (χ1) is 7.95. The summed E-state index contributed by atoms with van der Waals surface area (Å²) in [5, 5.41) is 8.85. The molecular formula is C11H13Cl2NO2S. The van der Waals surface area contributed by atoms with E-state index in [4.69, 9.17) is 28.3 Å². The minimum absolute atomic E-state index is 0.0586. The van der Waals surface area contributed by atoms with Gasteiger partial charge in [-0.15, -0.1) is 17.9 Å². The lowest BCUT2D eigenvalue weighted by Gasteiger charge is -2.26. The lowest BCUT2D eigenvalue weighted by Crippen LogP contribution is -2.32. The summed E-state index contributed by atoms with van der Waals surface area (Å²) in [6.07, 6.45) is 1.67. The molecule has 0 saturated carbocycles. The Morgan fingerprint density at radius 2 is 2.35 bits per heavy atom. The van der Waals surface area contributed by atoms with E-state index < -0.39 is 5.97 Å². The molecule has 1 N–H and O–H groups in total. The number of hydrogen-bond acceptors (Lipinski definition) is 3. The average molecular weight is 294 g/mol. The van der Waals surface area contributed by atoms with E-state index in [9.17, 15) is 4.79 Å². The maximum absolute atomic E-state index is 10.8. The summed E-state index contributed by atoms with van der Waals surface area (Å²) < 4.78 is 1.20. The van der Waals surface area contributed by atoms with Gasteiger partial charge >= 0.3 is 5.97 Å². The molecular weight excluding hydrogens is 281 g/mol. The highest BCUT2D eigenvalue weighted by Gasteiger charge is 2.21. The van der Waals surface area contributed by atoms with Gasteiger partial charge in [-0.2, -0.15) is 0 Å². The zero-order valence-electron chi connectivity index (χ0n) is 9.32. The summed E-state index contributed by atoms with van der Waals surface area (Å²) in [5.74, 6) is -0.879. The van der Waals surface area contributed by atoms with Crippen LogP contribution in [0.25, 0.3) is 0 Å². The molecule has 94 valence electrons. The van der Waals surface area contributed by atoms with Crippen LogP contribution in [0.2, 0.25) is 8.67 Å². The zero-order chi connectivity index (χ0) is 13.0. The summed E-state index contributed by atoms with van der Waals surface area (Å²) in [6, 6.07) is 1.66. The third-order valence-electron chi connectivity index (χ3n) is 2.38. The van der Waals surface area contributed by atoms with E-state index in [1.807, 2.05) is 6.92 Å². The fraction of sp³-hybridized carbons (Fsp3) is 0.364. The van der Waals surface area contributed by atoms with Crippen LogP contribution in [0.3, 0.4) is 0 Å². The molecule has 1 unspecified atom stereocenters. The molecule has 3 nitrogen and oxygen atoms in total. The van der Waals surface area contributed by atoms with Crippen LogP contribution in [0, 0.1) is 0 Å². The maximum Gasteiger partial charge on any atom is 0.317 e. The van der Waals surface area contributed by atoms with Gasteiger partial charge in [0.05, 0.1) is 15.2 Å². The molecule has 0 aliphatic heterocycles. The molecule has 1 rings (SSSR count). The molecule has 0 bridgehead atoms. The lowest BCUT2D eigenvalue weighted by atomic mass is 10.1. The average Bonchev–Trinajstić information content (AvgIpc) is 2.55. The molecule has 17 heavy (non-hydrogen) atoms. The summed E-state index contributed by atoms with van der Waals surface area (Å²) in [6.45, 7) is 5.94. The van der Waals surface area contributed by atoms with Crippen molar-refractivity contribution < 1.29 is 9.90 Å². The molecule has 0 aliphatic rings. The zero-order valence-corrected chi connectivity index (χ0v) is 11.6. The van der Waals surface area contributed by atoms with Gasteiger partial charge < -0.3 is 5.11 Å². The number of carboxylic acid groups (broad SMARTS) is 1. The van der Waals surface area contributed by atoms with Gasteiger partial charge in [-0.3, -0.25) is 9.69 Å². The van der Waals surface area contributed by atoms with Crippen LogP contribution in [0.4, 0.5) is 0 Å². The van der Waals surface area contributed by atoms with Crippen LogP contribution in [0.1, 0.15) is 18.5 Å². The number of hydrogen-bond donors (Lipinski definition) is 1. The number of nitrogens with zero attached hydrogens (tertiary/aromatic N) is 1. The summed E-state index contributed by atoms with van der Waals surface area (Å²) in [7, 11) is 0. The Balaban J connectivity index is 2.90. The maximum atomic E-state index is 10.8. The van der Waals surface area contributed by atoms with E-state index in [0.717, 1.165) is 5.56 Å². The Labute approximate surface area is 114 Å². The Kier molecular flexibility index (Phi) is 5.46. The third-order valence-corrected chi connectivity index (χ3v) is 3.90. The van der Waals surface area contributed by atoms with Crippen molar-refractivity contribution in [2.45, 2.75) is 13.0 Å². The third kappa shape index (κ3) is 4.00. The largest absolute Gasteiger partial charge is 0.480 e. The molecule has 0 spiro atoms. The number of halogens is 2. The van der Waals surface area contributed by atoms with Gasteiger partial charge in [0.1, 0.15) is 0 Å². The van der Waals surface area contributed by atoms with Crippen molar-refractivity contribution in [3.8, 4) is 0 Å². The predicted octanol–water partition coefficient (Wildman–Crippen LogP) is 3.69. The fourth-order valence-electron chi connectivity index (χ4n) is 1.53. The smallest absolute Gasteiger partial charge is 0.317 e. The Morgan fingerprint density at radius 3 is 2.76 bits per heavy atom. The molecule has 0 aliphatic carbocycles. The summed E-state index contributed by atoms with van der Waals surface area (Å²) in [4.78, 5) is 12.5. The lowest BCUT2D eigenvalue weighted by molar-refractivity contribution is -0.138. The van der Waals surface area contributed by atoms with Crippen LogP contribution in [-0.4, -0.2) is 29.1 Å². The number of aliphatic carboxylic acids is 1. The van der Waals surface area contributed by atoms with E-state index in [2.05, 4.69) is 6.58 Å². The van der Waals surface area contributed by atoms with Crippen LogP contribution >= 0.6 is 34.5 Å². The van der Waals surface area contributed by atoms with Gasteiger partial charge in [0, 0.05) is 18.2 Å². The molecule has 0 amide bonds.